The van der Waals surface area contributed by atoms with Crippen molar-refractivity contribution in [3.05, 3.63) is 60.7 Å². The van der Waals surface area contributed by atoms with Crippen molar-refractivity contribution < 1.29 is 10.2 Å². The van der Waals surface area contributed by atoms with Gasteiger partial charge in [0.25, 0.3) is 0 Å². The molecule has 4 nitrogen and oxygen atoms in total. The van der Waals surface area contributed by atoms with Crippen molar-refractivity contribution in [3.63, 3.8) is 0 Å². The van der Waals surface area contributed by atoms with Crippen LogP contribution in [0, 0.1) is 0 Å². The number of nitrogens with one attached hydrogen (secondary N) is 2. The van der Waals surface area contributed by atoms with Gasteiger partial charge in [0.2, 0.25) is 0 Å². The monoisotopic (exact) mass is 436 g/mol. The van der Waals surface area contributed by atoms with E-state index in [1.54, 1.807) is 48.5 Å². The van der Waals surface area contributed by atoms with E-state index in [2.05, 4.69) is 52.2 Å². The topological polar surface area (TPSA) is 64.5 Å². The Morgan fingerprint density at radius 2 is 0.742 bits per heavy atom. The largest absolute Gasteiger partial charge is 0.508 e. The van der Waals surface area contributed by atoms with E-state index < -0.39 is 0 Å². The number of rotatable bonds is 5. The van der Waals surface area contributed by atoms with Crippen LogP contribution in [0.3, 0.4) is 0 Å². The SMILES string of the molecule is C.CC.CC.CC(C)NC(C)C(C)NC(C)C.Oc1ccccc1.Oc1ccccc1. The zero-order valence-corrected chi connectivity index (χ0v) is 21.0. The Bertz CT molecular complexity index is 494. The van der Waals surface area contributed by atoms with Crippen molar-refractivity contribution in [1.29, 1.82) is 0 Å². The van der Waals surface area contributed by atoms with Gasteiger partial charge in [-0.15, -0.1) is 0 Å². The molecule has 0 fully saturated rings. The van der Waals surface area contributed by atoms with Crippen LogP contribution in [0.15, 0.2) is 60.7 Å². The highest BCUT2D eigenvalue weighted by atomic mass is 16.3. The van der Waals surface area contributed by atoms with E-state index in [1.165, 1.54) is 0 Å². The van der Waals surface area contributed by atoms with Crippen molar-refractivity contribution in [1.82, 2.24) is 10.6 Å². The highest BCUT2D eigenvalue weighted by Crippen LogP contribution is 2.03. The quantitative estimate of drug-likeness (QED) is 0.399. The normalized spacial score (nSPS) is 10.8. The molecule has 0 saturated heterocycles. The molecule has 0 aromatic heterocycles. The van der Waals surface area contributed by atoms with Gasteiger partial charge in [0.1, 0.15) is 11.5 Å². The standard InChI is InChI=1S/C10H24N2.2C6H6O.2C2H6.CH4/c1-7(2)11-9(5)10(6)12-8(3)4;2*7-6-4-2-1-3-5-6;2*1-2;/h7-12H,1-6H3;2*1-5,7H;2*1-2H3;1H4. The molecule has 2 aromatic rings. The molecule has 0 aliphatic rings. The first-order chi connectivity index (χ1) is 14.2. The van der Waals surface area contributed by atoms with Crippen LogP contribution >= 0.6 is 0 Å². The molecular formula is C27H52N2O2. The van der Waals surface area contributed by atoms with Crippen LogP contribution in [0.4, 0.5) is 0 Å². The fraction of sp³-hybridized carbons (Fsp3) is 0.556. The van der Waals surface area contributed by atoms with Crippen LogP contribution in [0.5, 0.6) is 11.5 Å². The van der Waals surface area contributed by atoms with Gasteiger partial charge in [-0.25, -0.2) is 0 Å². The second kappa shape index (κ2) is 26.0. The number of aromatic hydroxyl groups is 2. The number of phenols is 2. The molecule has 0 heterocycles. The van der Waals surface area contributed by atoms with Crippen molar-refractivity contribution >= 4 is 0 Å². The molecule has 182 valence electrons. The molecule has 0 aliphatic heterocycles. The summed E-state index contributed by atoms with van der Waals surface area (Å²) in [5, 5.41) is 24.2. The van der Waals surface area contributed by atoms with Gasteiger partial charge in [0, 0.05) is 24.2 Å². The lowest BCUT2D eigenvalue weighted by Crippen LogP contribution is -2.48. The Morgan fingerprint density at radius 1 is 0.516 bits per heavy atom. The minimum Gasteiger partial charge on any atom is -0.508 e. The summed E-state index contributed by atoms with van der Waals surface area (Å²) in [7, 11) is 0. The molecule has 0 aliphatic carbocycles. The van der Waals surface area contributed by atoms with E-state index in [-0.39, 0.29) is 7.43 Å². The molecule has 2 rings (SSSR count). The Morgan fingerprint density at radius 3 is 0.871 bits per heavy atom. The first-order valence-corrected chi connectivity index (χ1v) is 11.2. The van der Waals surface area contributed by atoms with E-state index in [0.29, 0.717) is 35.7 Å². The molecule has 0 bridgehead atoms. The van der Waals surface area contributed by atoms with Crippen LogP contribution in [-0.2, 0) is 0 Å². The fourth-order valence-corrected chi connectivity index (χ4v) is 2.20. The molecule has 0 saturated carbocycles. The minimum atomic E-state index is 0. The Labute approximate surface area is 194 Å². The maximum atomic E-state index is 8.63. The third-order valence-corrected chi connectivity index (χ3v) is 3.45. The zero-order valence-electron chi connectivity index (χ0n) is 21.0. The minimum absolute atomic E-state index is 0. The smallest absolute Gasteiger partial charge is 0.115 e. The number of hydrogen-bond donors (Lipinski definition) is 4. The van der Waals surface area contributed by atoms with E-state index in [4.69, 9.17) is 10.2 Å². The molecule has 0 amide bonds. The summed E-state index contributed by atoms with van der Waals surface area (Å²) in [5.41, 5.74) is 0. The highest BCUT2D eigenvalue weighted by Gasteiger charge is 2.12. The summed E-state index contributed by atoms with van der Waals surface area (Å²) in [6.07, 6.45) is 0. The molecule has 2 unspecified atom stereocenters. The summed E-state index contributed by atoms with van der Waals surface area (Å²) in [6.45, 7) is 21.2. The van der Waals surface area contributed by atoms with Gasteiger partial charge in [-0.1, -0.05) is 99.2 Å². The van der Waals surface area contributed by atoms with Gasteiger partial charge < -0.3 is 20.8 Å². The average Bonchev–Trinajstić information content (AvgIpc) is 2.72. The second-order valence-corrected chi connectivity index (χ2v) is 6.89. The van der Waals surface area contributed by atoms with Gasteiger partial charge >= 0.3 is 0 Å². The fourth-order valence-electron chi connectivity index (χ4n) is 2.20. The van der Waals surface area contributed by atoms with Crippen LogP contribution in [0.2, 0.25) is 0 Å². The number of benzene rings is 2. The van der Waals surface area contributed by atoms with Crippen LogP contribution < -0.4 is 10.6 Å². The van der Waals surface area contributed by atoms with Crippen LogP contribution in [0.1, 0.15) is 76.7 Å². The van der Waals surface area contributed by atoms with Crippen molar-refractivity contribution in [3.8, 4) is 11.5 Å². The second-order valence-electron chi connectivity index (χ2n) is 6.89. The summed E-state index contributed by atoms with van der Waals surface area (Å²) in [5.74, 6) is 0.644. The molecule has 0 radical (unpaired) electrons. The molecule has 0 spiro atoms. The van der Waals surface area contributed by atoms with E-state index in [9.17, 15) is 0 Å². The lowest BCUT2D eigenvalue weighted by atomic mass is 10.1. The molecule has 4 heteroatoms. The number of hydrogen-bond acceptors (Lipinski definition) is 4. The van der Waals surface area contributed by atoms with E-state index >= 15 is 0 Å². The molecular weight excluding hydrogens is 384 g/mol. The third kappa shape index (κ3) is 28.0. The summed E-state index contributed by atoms with van der Waals surface area (Å²) >= 11 is 0. The number of para-hydroxylation sites is 2. The molecule has 2 aromatic carbocycles. The predicted molar refractivity (Wildman–Crippen MR) is 141 cm³/mol. The van der Waals surface area contributed by atoms with Crippen molar-refractivity contribution in [2.24, 2.45) is 0 Å². The first-order valence-electron chi connectivity index (χ1n) is 11.2. The van der Waals surface area contributed by atoms with Crippen molar-refractivity contribution in [2.75, 3.05) is 0 Å². The van der Waals surface area contributed by atoms with E-state index in [0.717, 1.165) is 0 Å². The molecule has 2 atom stereocenters. The lowest BCUT2D eigenvalue weighted by Gasteiger charge is -2.26. The highest BCUT2D eigenvalue weighted by molar-refractivity contribution is 5.19. The summed E-state index contributed by atoms with van der Waals surface area (Å²) in [4.78, 5) is 0. The number of phenolic OH excluding ortho intramolecular Hbond substituents is 2. The Hall–Kier alpha value is -2.04. The van der Waals surface area contributed by atoms with Crippen LogP contribution in [0.25, 0.3) is 0 Å². The van der Waals surface area contributed by atoms with Gasteiger partial charge in [0.15, 0.2) is 0 Å². The Kier molecular flexibility index (Phi) is 30.5. The maximum absolute atomic E-state index is 8.63. The first kappa shape index (κ1) is 36.3. The maximum Gasteiger partial charge on any atom is 0.115 e. The third-order valence-electron chi connectivity index (χ3n) is 3.45. The van der Waals surface area contributed by atoms with Crippen LogP contribution in [-0.4, -0.2) is 34.4 Å². The van der Waals surface area contributed by atoms with Gasteiger partial charge in [0.05, 0.1) is 0 Å². The van der Waals surface area contributed by atoms with Gasteiger partial charge in [-0.2, -0.15) is 0 Å². The predicted octanol–water partition coefficient (Wildman–Crippen LogP) is 7.23. The van der Waals surface area contributed by atoms with Gasteiger partial charge in [-0.05, 0) is 38.1 Å². The summed E-state index contributed by atoms with van der Waals surface area (Å²) in [6, 6.07) is 19.6. The zero-order chi connectivity index (χ0) is 23.9. The molecule has 4 N–H and O–H groups in total. The average molecular weight is 437 g/mol. The lowest BCUT2D eigenvalue weighted by molar-refractivity contribution is 0.365. The van der Waals surface area contributed by atoms with Gasteiger partial charge in [-0.3, -0.25) is 0 Å². The Balaban J connectivity index is -0.000000166. The summed E-state index contributed by atoms with van der Waals surface area (Å²) < 4.78 is 0. The molecule has 31 heavy (non-hydrogen) atoms. The van der Waals surface area contributed by atoms with E-state index in [1.807, 2.05) is 39.8 Å². The van der Waals surface area contributed by atoms with Crippen molar-refractivity contribution in [2.45, 2.75) is 101 Å².